The van der Waals surface area contributed by atoms with Gasteiger partial charge in [-0.2, -0.15) is 0 Å². The highest BCUT2D eigenvalue weighted by Gasteiger charge is 2.19. The lowest BCUT2D eigenvalue weighted by atomic mass is 9.94. The maximum absolute atomic E-state index is 5.39. The fourth-order valence-corrected chi connectivity index (χ4v) is 1.52. The van der Waals surface area contributed by atoms with Gasteiger partial charge in [-0.15, -0.1) is 0 Å². The molecule has 0 aromatic carbocycles. The lowest BCUT2D eigenvalue weighted by Gasteiger charge is -2.26. The molecule has 0 spiro atoms. The van der Waals surface area contributed by atoms with E-state index in [9.17, 15) is 0 Å². The summed E-state index contributed by atoms with van der Waals surface area (Å²) in [5.74, 6) is 0.682. The van der Waals surface area contributed by atoms with E-state index in [1.54, 1.807) is 7.11 Å². The molecule has 0 aliphatic rings. The average Bonchev–Trinajstić information content (AvgIpc) is 2.04. The van der Waals surface area contributed by atoms with Gasteiger partial charge in [0.15, 0.2) is 0 Å². The Morgan fingerprint density at radius 2 is 2.00 bits per heavy atom. The molecule has 13 heavy (non-hydrogen) atoms. The molecule has 1 atom stereocenters. The minimum atomic E-state index is 0.0211. The maximum Gasteiger partial charge on any atom is 0.0625 e. The van der Waals surface area contributed by atoms with Crippen molar-refractivity contribution < 1.29 is 4.74 Å². The minimum Gasteiger partial charge on any atom is -0.379 e. The van der Waals surface area contributed by atoms with E-state index in [-0.39, 0.29) is 5.60 Å². The van der Waals surface area contributed by atoms with Crippen LogP contribution in [0.3, 0.4) is 0 Å². The Morgan fingerprint density at radius 1 is 1.38 bits per heavy atom. The number of rotatable bonds is 7. The van der Waals surface area contributed by atoms with Crippen molar-refractivity contribution in [1.29, 1.82) is 0 Å². The summed E-state index contributed by atoms with van der Waals surface area (Å²) in [5.41, 5.74) is 0.0211. The van der Waals surface area contributed by atoms with Crippen LogP contribution in [0.1, 0.15) is 40.5 Å². The number of hydrogen-bond donors (Lipinski definition) is 1. The minimum absolute atomic E-state index is 0.0211. The average molecular weight is 187 g/mol. The standard InChI is InChI=1S/C11H25NO/c1-6-7-12-9-10(2)8-11(3,4)13-5/h10,12H,6-9H2,1-5H3. The van der Waals surface area contributed by atoms with Gasteiger partial charge in [0.25, 0.3) is 0 Å². The van der Waals surface area contributed by atoms with Gasteiger partial charge in [0.1, 0.15) is 0 Å². The zero-order valence-corrected chi connectivity index (χ0v) is 9.81. The number of nitrogens with one attached hydrogen (secondary N) is 1. The number of hydrogen-bond acceptors (Lipinski definition) is 2. The van der Waals surface area contributed by atoms with Gasteiger partial charge < -0.3 is 10.1 Å². The van der Waals surface area contributed by atoms with Crippen molar-refractivity contribution in [1.82, 2.24) is 5.32 Å². The van der Waals surface area contributed by atoms with Crippen molar-refractivity contribution >= 4 is 0 Å². The summed E-state index contributed by atoms with van der Waals surface area (Å²) >= 11 is 0. The highest BCUT2D eigenvalue weighted by molar-refractivity contribution is 4.72. The second-order valence-corrected chi connectivity index (χ2v) is 4.48. The molecule has 0 rings (SSSR count). The zero-order valence-electron chi connectivity index (χ0n) is 9.81. The van der Waals surface area contributed by atoms with Crippen molar-refractivity contribution in [3.05, 3.63) is 0 Å². The largest absolute Gasteiger partial charge is 0.379 e. The van der Waals surface area contributed by atoms with E-state index in [1.807, 2.05) is 0 Å². The molecule has 2 nitrogen and oxygen atoms in total. The van der Waals surface area contributed by atoms with Gasteiger partial charge in [-0.25, -0.2) is 0 Å². The Hall–Kier alpha value is -0.0800. The molecule has 2 heteroatoms. The Morgan fingerprint density at radius 3 is 2.46 bits per heavy atom. The second kappa shape index (κ2) is 6.39. The van der Waals surface area contributed by atoms with Gasteiger partial charge in [0, 0.05) is 7.11 Å². The van der Waals surface area contributed by atoms with Gasteiger partial charge in [-0.05, 0) is 45.7 Å². The van der Waals surface area contributed by atoms with Crippen LogP contribution in [-0.2, 0) is 4.74 Å². The molecule has 1 N–H and O–H groups in total. The van der Waals surface area contributed by atoms with Gasteiger partial charge in [0.2, 0.25) is 0 Å². The van der Waals surface area contributed by atoms with E-state index in [2.05, 4.69) is 33.0 Å². The van der Waals surface area contributed by atoms with E-state index in [0.29, 0.717) is 5.92 Å². The first-order chi connectivity index (χ1) is 6.02. The molecule has 80 valence electrons. The zero-order chi connectivity index (χ0) is 10.3. The molecule has 0 heterocycles. The van der Waals surface area contributed by atoms with Crippen molar-refractivity contribution in [3.63, 3.8) is 0 Å². The topological polar surface area (TPSA) is 21.3 Å². The first-order valence-corrected chi connectivity index (χ1v) is 5.27. The molecular weight excluding hydrogens is 162 g/mol. The summed E-state index contributed by atoms with van der Waals surface area (Å²) in [4.78, 5) is 0. The molecule has 1 unspecified atom stereocenters. The monoisotopic (exact) mass is 187 g/mol. The van der Waals surface area contributed by atoms with E-state index in [1.165, 1.54) is 6.42 Å². The van der Waals surface area contributed by atoms with Crippen LogP contribution in [0.25, 0.3) is 0 Å². The van der Waals surface area contributed by atoms with Gasteiger partial charge >= 0.3 is 0 Å². The second-order valence-electron chi connectivity index (χ2n) is 4.48. The summed E-state index contributed by atoms with van der Waals surface area (Å²) < 4.78 is 5.39. The van der Waals surface area contributed by atoms with Crippen LogP contribution in [0.4, 0.5) is 0 Å². The highest BCUT2D eigenvalue weighted by atomic mass is 16.5. The first kappa shape index (κ1) is 12.9. The molecule has 0 saturated carbocycles. The van der Waals surface area contributed by atoms with Crippen molar-refractivity contribution in [2.45, 2.75) is 46.1 Å². The van der Waals surface area contributed by atoms with E-state index >= 15 is 0 Å². The van der Waals surface area contributed by atoms with E-state index < -0.39 is 0 Å². The van der Waals surface area contributed by atoms with Crippen molar-refractivity contribution in [3.8, 4) is 0 Å². The molecule has 0 aromatic heterocycles. The van der Waals surface area contributed by atoms with Crippen LogP contribution >= 0.6 is 0 Å². The molecule has 0 aromatic rings. The van der Waals surface area contributed by atoms with Crippen LogP contribution in [0.5, 0.6) is 0 Å². The van der Waals surface area contributed by atoms with Crippen LogP contribution in [0.15, 0.2) is 0 Å². The molecule has 0 aliphatic carbocycles. The third kappa shape index (κ3) is 7.03. The Kier molecular flexibility index (Phi) is 6.35. The predicted molar refractivity (Wildman–Crippen MR) is 58.0 cm³/mol. The maximum atomic E-state index is 5.39. The van der Waals surface area contributed by atoms with Gasteiger partial charge in [-0.3, -0.25) is 0 Å². The first-order valence-electron chi connectivity index (χ1n) is 5.27. The van der Waals surface area contributed by atoms with Crippen LogP contribution in [-0.4, -0.2) is 25.8 Å². The summed E-state index contributed by atoms with van der Waals surface area (Å²) in [6.45, 7) is 11.0. The van der Waals surface area contributed by atoms with E-state index in [4.69, 9.17) is 4.74 Å². The molecular formula is C11H25NO. The lowest BCUT2D eigenvalue weighted by Crippen LogP contribution is -2.30. The van der Waals surface area contributed by atoms with Crippen LogP contribution < -0.4 is 5.32 Å². The Balaban J connectivity index is 3.55. The summed E-state index contributed by atoms with van der Waals surface area (Å²) in [6, 6.07) is 0. The van der Waals surface area contributed by atoms with Crippen LogP contribution in [0.2, 0.25) is 0 Å². The molecule has 0 aliphatic heterocycles. The number of ether oxygens (including phenoxy) is 1. The summed E-state index contributed by atoms with van der Waals surface area (Å²) in [6.07, 6.45) is 2.32. The normalized spacial score (nSPS) is 14.5. The predicted octanol–water partition coefficient (Wildman–Crippen LogP) is 2.44. The van der Waals surface area contributed by atoms with Gasteiger partial charge in [0.05, 0.1) is 5.60 Å². The van der Waals surface area contributed by atoms with Crippen molar-refractivity contribution in [2.24, 2.45) is 5.92 Å². The molecule has 0 fully saturated rings. The molecule has 0 amide bonds. The quantitative estimate of drug-likeness (QED) is 0.618. The van der Waals surface area contributed by atoms with E-state index in [0.717, 1.165) is 19.5 Å². The fourth-order valence-electron chi connectivity index (χ4n) is 1.52. The summed E-state index contributed by atoms with van der Waals surface area (Å²) in [5, 5.41) is 3.43. The fraction of sp³-hybridized carbons (Fsp3) is 1.00. The smallest absolute Gasteiger partial charge is 0.0625 e. The third-order valence-corrected chi connectivity index (χ3v) is 2.31. The molecule has 0 saturated heterocycles. The van der Waals surface area contributed by atoms with Crippen molar-refractivity contribution in [2.75, 3.05) is 20.2 Å². The molecule has 0 bridgehead atoms. The summed E-state index contributed by atoms with van der Waals surface area (Å²) in [7, 11) is 1.78. The number of methoxy groups -OCH3 is 1. The SMILES string of the molecule is CCCNCC(C)CC(C)(C)OC. The highest BCUT2D eigenvalue weighted by Crippen LogP contribution is 2.18. The Bertz CT molecular complexity index is 123. The van der Waals surface area contributed by atoms with Gasteiger partial charge in [-0.1, -0.05) is 13.8 Å². The Labute approximate surface area is 83.1 Å². The molecule has 0 radical (unpaired) electrons. The lowest BCUT2D eigenvalue weighted by molar-refractivity contribution is 0.00398. The third-order valence-electron chi connectivity index (χ3n) is 2.31. The van der Waals surface area contributed by atoms with Crippen LogP contribution in [0, 0.1) is 5.92 Å².